The molecule has 0 spiro atoms. The largest absolute Gasteiger partial charge is 0.456 e. The van der Waals surface area contributed by atoms with Crippen molar-refractivity contribution in [2.45, 2.75) is 0 Å². The van der Waals surface area contributed by atoms with Crippen LogP contribution in [-0.4, -0.2) is 9.97 Å². The first-order valence-corrected chi connectivity index (χ1v) is 20.6. The summed E-state index contributed by atoms with van der Waals surface area (Å²) in [6.45, 7) is 0. The predicted molar refractivity (Wildman–Crippen MR) is 253 cm³/mol. The maximum Gasteiger partial charge on any atom is 0.160 e. The lowest BCUT2D eigenvalue weighted by atomic mass is 9.92. The van der Waals surface area contributed by atoms with Crippen LogP contribution >= 0.6 is 0 Å². The fraction of sp³-hybridized carbons (Fsp3) is 0. The van der Waals surface area contributed by atoms with E-state index < -0.39 is 0 Å². The van der Waals surface area contributed by atoms with Crippen molar-refractivity contribution in [3.8, 4) is 89.5 Å². The van der Waals surface area contributed by atoms with Crippen LogP contribution in [0.3, 0.4) is 0 Å². The third kappa shape index (κ3) is 7.20. The van der Waals surface area contributed by atoms with E-state index in [0.29, 0.717) is 5.82 Å². The Labute approximate surface area is 354 Å². The topological polar surface area (TPSA) is 38.9 Å². The van der Waals surface area contributed by atoms with E-state index in [2.05, 4.69) is 200 Å². The van der Waals surface area contributed by atoms with Gasteiger partial charge in [-0.05, 0) is 116 Å². The third-order valence-electron chi connectivity index (χ3n) is 11.5. The monoisotopic (exact) mass is 778 g/mol. The Hall–Kier alpha value is -8.14. The molecular formula is C58H38N2O. The summed E-state index contributed by atoms with van der Waals surface area (Å²) in [5.74, 6) is 0.671. The Bertz CT molecular complexity index is 3260. The highest BCUT2D eigenvalue weighted by molar-refractivity contribution is 6.06. The smallest absolute Gasteiger partial charge is 0.160 e. The number of hydrogen-bond acceptors (Lipinski definition) is 3. The quantitative estimate of drug-likeness (QED) is 0.154. The first kappa shape index (κ1) is 36.0. The Kier molecular flexibility index (Phi) is 9.18. The van der Waals surface area contributed by atoms with Gasteiger partial charge in [0, 0.05) is 27.5 Å². The van der Waals surface area contributed by atoms with Gasteiger partial charge in [0.15, 0.2) is 5.82 Å². The van der Waals surface area contributed by atoms with Gasteiger partial charge >= 0.3 is 0 Å². The molecule has 3 nitrogen and oxygen atoms in total. The molecule has 0 fully saturated rings. The molecule has 9 aromatic carbocycles. The number of para-hydroxylation sites is 1. The second kappa shape index (κ2) is 15.6. The molecule has 0 saturated heterocycles. The zero-order valence-electron chi connectivity index (χ0n) is 33.2. The standard InChI is InChI=1S/C58H38N2O/c1-5-15-39(16-6-1)42-25-27-43(28-26-42)48-32-49(45-29-30-57-53(37-45)52-23-13-14-24-56(52)61-57)36-51(35-48)55-38-54(59-58(60-55)44-21-11-4-12-22-44)50-33-46(40-17-7-2-8-18-40)31-47(34-50)41-19-9-3-10-20-41/h1-38H. The minimum atomic E-state index is 0.671. The average molecular weight is 779 g/mol. The van der Waals surface area contributed by atoms with Crippen molar-refractivity contribution < 1.29 is 4.42 Å². The van der Waals surface area contributed by atoms with Gasteiger partial charge in [0.05, 0.1) is 11.4 Å². The molecule has 0 saturated carbocycles. The van der Waals surface area contributed by atoms with Gasteiger partial charge in [-0.25, -0.2) is 9.97 Å². The van der Waals surface area contributed by atoms with Crippen LogP contribution < -0.4 is 0 Å². The normalized spacial score (nSPS) is 11.3. The number of hydrogen-bond donors (Lipinski definition) is 0. The van der Waals surface area contributed by atoms with E-state index in [1.807, 2.05) is 30.3 Å². The van der Waals surface area contributed by atoms with Crippen molar-refractivity contribution in [2.24, 2.45) is 0 Å². The van der Waals surface area contributed by atoms with Crippen molar-refractivity contribution in [1.82, 2.24) is 9.97 Å². The minimum Gasteiger partial charge on any atom is -0.456 e. The van der Waals surface area contributed by atoms with Gasteiger partial charge in [-0.2, -0.15) is 0 Å². The lowest BCUT2D eigenvalue weighted by Gasteiger charge is -2.15. The number of benzene rings is 9. The predicted octanol–water partition coefficient (Wildman–Crippen LogP) is 15.7. The summed E-state index contributed by atoms with van der Waals surface area (Å²) in [7, 11) is 0. The number of fused-ring (bicyclic) bond motifs is 3. The van der Waals surface area contributed by atoms with Crippen LogP contribution in [0, 0.1) is 0 Å². The Balaban J connectivity index is 1.12. The molecule has 2 heterocycles. The van der Waals surface area contributed by atoms with E-state index >= 15 is 0 Å². The van der Waals surface area contributed by atoms with Crippen molar-refractivity contribution >= 4 is 21.9 Å². The molecule has 11 rings (SSSR count). The van der Waals surface area contributed by atoms with Crippen LogP contribution in [0.1, 0.15) is 0 Å². The van der Waals surface area contributed by atoms with E-state index in [9.17, 15) is 0 Å². The summed E-state index contributed by atoms with van der Waals surface area (Å²) < 4.78 is 6.24. The van der Waals surface area contributed by atoms with Gasteiger partial charge in [0.1, 0.15) is 11.2 Å². The molecule has 0 N–H and O–H groups in total. The highest BCUT2D eigenvalue weighted by Gasteiger charge is 2.17. The van der Waals surface area contributed by atoms with E-state index in [4.69, 9.17) is 14.4 Å². The highest BCUT2D eigenvalue weighted by Crippen LogP contribution is 2.39. The molecule has 2 aromatic heterocycles. The fourth-order valence-corrected chi connectivity index (χ4v) is 8.33. The second-order valence-electron chi connectivity index (χ2n) is 15.4. The van der Waals surface area contributed by atoms with Gasteiger partial charge < -0.3 is 4.42 Å². The van der Waals surface area contributed by atoms with Crippen LogP contribution in [0.15, 0.2) is 235 Å². The van der Waals surface area contributed by atoms with Crippen LogP contribution in [0.4, 0.5) is 0 Å². The third-order valence-corrected chi connectivity index (χ3v) is 11.5. The summed E-state index contributed by atoms with van der Waals surface area (Å²) >= 11 is 0. The van der Waals surface area contributed by atoms with Crippen molar-refractivity contribution in [3.05, 3.63) is 231 Å². The van der Waals surface area contributed by atoms with Gasteiger partial charge in [-0.15, -0.1) is 0 Å². The van der Waals surface area contributed by atoms with Gasteiger partial charge in [0.2, 0.25) is 0 Å². The molecule has 0 aliphatic carbocycles. The van der Waals surface area contributed by atoms with Gasteiger partial charge in [-0.3, -0.25) is 0 Å². The van der Waals surface area contributed by atoms with E-state index in [1.165, 1.54) is 11.1 Å². The first-order valence-electron chi connectivity index (χ1n) is 20.6. The molecule has 3 heteroatoms. The van der Waals surface area contributed by atoms with Gasteiger partial charge in [0.25, 0.3) is 0 Å². The number of nitrogens with zero attached hydrogens (tertiary/aromatic N) is 2. The van der Waals surface area contributed by atoms with E-state index in [0.717, 1.165) is 94.5 Å². The SMILES string of the molecule is c1ccc(-c2ccc(-c3cc(-c4ccc5oc6ccccc6c5c4)cc(-c4cc(-c5cc(-c6ccccc6)cc(-c6ccccc6)c5)nc(-c5ccccc5)n4)c3)cc2)cc1. The second-order valence-corrected chi connectivity index (χ2v) is 15.4. The van der Waals surface area contributed by atoms with Crippen LogP contribution in [0.5, 0.6) is 0 Å². The van der Waals surface area contributed by atoms with Crippen molar-refractivity contribution in [2.75, 3.05) is 0 Å². The van der Waals surface area contributed by atoms with E-state index in [-0.39, 0.29) is 0 Å². The van der Waals surface area contributed by atoms with Crippen LogP contribution in [0.25, 0.3) is 111 Å². The molecule has 61 heavy (non-hydrogen) atoms. The molecule has 286 valence electrons. The Morgan fingerprint density at radius 3 is 1.11 bits per heavy atom. The zero-order valence-corrected chi connectivity index (χ0v) is 33.2. The Morgan fingerprint density at radius 1 is 0.230 bits per heavy atom. The molecule has 0 radical (unpaired) electrons. The van der Waals surface area contributed by atoms with Crippen LogP contribution in [-0.2, 0) is 0 Å². The maximum absolute atomic E-state index is 6.24. The molecule has 0 amide bonds. The summed E-state index contributed by atoms with van der Waals surface area (Å²) in [4.78, 5) is 10.6. The highest BCUT2D eigenvalue weighted by atomic mass is 16.3. The lowest BCUT2D eigenvalue weighted by Crippen LogP contribution is -1.97. The maximum atomic E-state index is 6.24. The zero-order chi connectivity index (χ0) is 40.5. The molecule has 0 bridgehead atoms. The number of furan rings is 1. The summed E-state index contributed by atoms with van der Waals surface area (Å²) in [6, 6.07) is 81.3. The van der Waals surface area contributed by atoms with Crippen LogP contribution in [0.2, 0.25) is 0 Å². The summed E-state index contributed by atoms with van der Waals surface area (Å²) in [5, 5.41) is 2.20. The molecule has 0 unspecified atom stereocenters. The fourth-order valence-electron chi connectivity index (χ4n) is 8.33. The first-order chi connectivity index (χ1) is 30.2. The molecule has 0 aliphatic rings. The molecular weight excluding hydrogens is 741 g/mol. The minimum absolute atomic E-state index is 0.671. The van der Waals surface area contributed by atoms with Gasteiger partial charge in [-0.1, -0.05) is 170 Å². The summed E-state index contributed by atoms with van der Waals surface area (Å²) in [5.41, 5.74) is 17.8. The average Bonchev–Trinajstić information content (AvgIpc) is 3.73. The number of rotatable bonds is 8. The molecule has 11 aromatic rings. The summed E-state index contributed by atoms with van der Waals surface area (Å²) in [6.07, 6.45) is 0. The Morgan fingerprint density at radius 2 is 0.590 bits per heavy atom. The molecule has 0 aliphatic heterocycles. The van der Waals surface area contributed by atoms with Crippen molar-refractivity contribution in [3.63, 3.8) is 0 Å². The lowest BCUT2D eigenvalue weighted by molar-refractivity contribution is 0.669. The van der Waals surface area contributed by atoms with E-state index in [1.54, 1.807) is 0 Å². The van der Waals surface area contributed by atoms with Crippen molar-refractivity contribution in [1.29, 1.82) is 0 Å². The number of aromatic nitrogens is 2. The molecule has 0 atom stereocenters.